The number of anilines is 2. The normalized spacial score (nSPS) is 21.8. The minimum atomic E-state index is 0.283. The van der Waals surface area contributed by atoms with Gasteiger partial charge in [0.2, 0.25) is 0 Å². The zero-order valence-corrected chi connectivity index (χ0v) is 12.1. The van der Waals surface area contributed by atoms with Crippen LogP contribution >= 0.6 is 0 Å². The second-order valence-electron chi connectivity index (χ2n) is 5.40. The van der Waals surface area contributed by atoms with Gasteiger partial charge < -0.3 is 16.2 Å². The number of ether oxygens (including phenoxy) is 1. The third kappa shape index (κ3) is 2.69. The predicted octanol–water partition coefficient (Wildman–Crippen LogP) is 1.32. The molecule has 112 valence electrons. The lowest BCUT2D eigenvalue weighted by molar-refractivity contribution is 0.0825. The predicted molar refractivity (Wildman–Crippen MR) is 80.2 cm³/mol. The van der Waals surface area contributed by atoms with Gasteiger partial charge in [0.25, 0.3) is 0 Å². The molecular formula is C14H20N6O. The van der Waals surface area contributed by atoms with Crippen molar-refractivity contribution in [1.82, 2.24) is 20.2 Å². The summed E-state index contributed by atoms with van der Waals surface area (Å²) in [5, 5.41) is 12.0. The monoisotopic (exact) mass is 288 g/mol. The van der Waals surface area contributed by atoms with Gasteiger partial charge in [-0.25, -0.2) is 4.68 Å². The molecular weight excluding hydrogens is 268 g/mol. The Morgan fingerprint density at radius 2 is 2.24 bits per heavy atom. The lowest BCUT2D eigenvalue weighted by Gasteiger charge is -2.17. The van der Waals surface area contributed by atoms with Crippen molar-refractivity contribution in [3.8, 4) is 11.4 Å². The third-order valence-electron chi connectivity index (χ3n) is 4.00. The van der Waals surface area contributed by atoms with E-state index >= 15 is 0 Å². The Labute approximate surface area is 123 Å². The van der Waals surface area contributed by atoms with Crippen LogP contribution in [0, 0.1) is 5.92 Å². The highest BCUT2D eigenvalue weighted by Crippen LogP contribution is 2.29. The molecule has 1 fully saturated rings. The fraction of sp³-hybridized carbons (Fsp3) is 0.500. The van der Waals surface area contributed by atoms with Crippen LogP contribution < -0.4 is 11.5 Å². The van der Waals surface area contributed by atoms with Crippen molar-refractivity contribution in [3.05, 3.63) is 18.2 Å². The topological polar surface area (TPSA) is 105 Å². The number of hydrogen-bond donors (Lipinski definition) is 2. The summed E-state index contributed by atoms with van der Waals surface area (Å²) in [6.07, 6.45) is 2.33. The minimum absolute atomic E-state index is 0.283. The molecule has 2 unspecified atom stereocenters. The summed E-state index contributed by atoms with van der Waals surface area (Å²) >= 11 is 0. The van der Waals surface area contributed by atoms with E-state index in [1.807, 2.05) is 10.7 Å². The number of rotatable bonds is 4. The Balaban J connectivity index is 1.87. The maximum Gasteiger partial charge on any atom is 0.184 e. The zero-order valence-electron chi connectivity index (χ0n) is 12.1. The molecule has 1 saturated heterocycles. The number of hydrogen-bond acceptors (Lipinski definition) is 6. The molecule has 2 aromatic rings. The summed E-state index contributed by atoms with van der Waals surface area (Å²) in [4.78, 5) is 0. The lowest BCUT2D eigenvalue weighted by atomic mass is 9.99. The molecule has 21 heavy (non-hydrogen) atoms. The van der Waals surface area contributed by atoms with E-state index < -0.39 is 0 Å². The first kappa shape index (κ1) is 13.8. The Hall–Kier alpha value is -2.15. The van der Waals surface area contributed by atoms with E-state index in [1.165, 1.54) is 0 Å². The van der Waals surface area contributed by atoms with Crippen LogP contribution in [0.25, 0.3) is 11.4 Å². The standard InChI is InChI=1S/C14H20N6O/c1-2-13-9(5-6-21-13)8-20-14(17-18-19-20)11-4-3-10(15)7-12(11)16/h3-4,7,9,13H,2,5-6,8,15-16H2,1H3. The van der Waals surface area contributed by atoms with Crippen molar-refractivity contribution < 1.29 is 4.74 Å². The quantitative estimate of drug-likeness (QED) is 0.822. The molecule has 4 N–H and O–H groups in total. The Morgan fingerprint density at radius 3 is 3.00 bits per heavy atom. The van der Waals surface area contributed by atoms with Crippen molar-refractivity contribution in [1.29, 1.82) is 0 Å². The maximum absolute atomic E-state index is 6.03. The maximum atomic E-state index is 6.03. The van der Waals surface area contributed by atoms with Crippen molar-refractivity contribution >= 4 is 11.4 Å². The smallest absolute Gasteiger partial charge is 0.184 e. The average Bonchev–Trinajstić information content (AvgIpc) is 3.08. The number of tetrazole rings is 1. The highest BCUT2D eigenvalue weighted by atomic mass is 16.5. The van der Waals surface area contributed by atoms with Crippen molar-refractivity contribution in [2.75, 3.05) is 18.1 Å². The van der Waals surface area contributed by atoms with E-state index in [1.54, 1.807) is 12.1 Å². The van der Waals surface area contributed by atoms with Gasteiger partial charge in [-0.2, -0.15) is 0 Å². The first-order valence-electron chi connectivity index (χ1n) is 7.22. The summed E-state index contributed by atoms with van der Waals surface area (Å²) in [5.41, 5.74) is 13.8. The van der Waals surface area contributed by atoms with E-state index in [0.717, 1.165) is 31.6 Å². The molecule has 0 saturated carbocycles. The van der Waals surface area contributed by atoms with Crippen LogP contribution in [0.3, 0.4) is 0 Å². The second-order valence-corrected chi connectivity index (χ2v) is 5.40. The summed E-state index contributed by atoms with van der Waals surface area (Å²) in [6.45, 7) is 3.69. The molecule has 1 aliphatic heterocycles. The van der Waals surface area contributed by atoms with Crippen LogP contribution in [0.15, 0.2) is 18.2 Å². The number of aromatic nitrogens is 4. The fourth-order valence-corrected chi connectivity index (χ4v) is 2.88. The van der Waals surface area contributed by atoms with Crippen LogP contribution in [-0.4, -0.2) is 32.9 Å². The van der Waals surface area contributed by atoms with Crippen molar-refractivity contribution in [2.24, 2.45) is 5.92 Å². The van der Waals surface area contributed by atoms with E-state index in [9.17, 15) is 0 Å². The summed E-state index contributed by atoms with van der Waals surface area (Å²) in [5.74, 6) is 1.11. The van der Waals surface area contributed by atoms with Crippen LogP contribution in [0.4, 0.5) is 11.4 Å². The number of nitrogens with two attached hydrogens (primary N) is 2. The molecule has 0 radical (unpaired) electrons. The highest BCUT2D eigenvalue weighted by Gasteiger charge is 2.28. The van der Waals surface area contributed by atoms with Gasteiger partial charge in [-0.05, 0) is 41.5 Å². The Kier molecular flexibility index (Phi) is 3.74. The van der Waals surface area contributed by atoms with Crippen LogP contribution in [0.2, 0.25) is 0 Å². The van der Waals surface area contributed by atoms with Gasteiger partial charge in [0.15, 0.2) is 5.82 Å². The SMILES string of the molecule is CCC1OCCC1Cn1nnnc1-c1ccc(N)cc1N. The molecule has 0 amide bonds. The number of nitrogens with zero attached hydrogens (tertiary/aromatic N) is 4. The fourth-order valence-electron chi connectivity index (χ4n) is 2.88. The second kappa shape index (κ2) is 5.69. The molecule has 1 aliphatic rings. The van der Waals surface area contributed by atoms with Crippen LogP contribution in [-0.2, 0) is 11.3 Å². The van der Waals surface area contributed by atoms with Gasteiger partial charge in [-0.3, -0.25) is 0 Å². The van der Waals surface area contributed by atoms with E-state index in [2.05, 4.69) is 22.4 Å². The zero-order chi connectivity index (χ0) is 14.8. The minimum Gasteiger partial charge on any atom is -0.399 e. The van der Waals surface area contributed by atoms with Crippen LogP contribution in [0.1, 0.15) is 19.8 Å². The summed E-state index contributed by atoms with van der Waals surface area (Å²) in [6, 6.07) is 5.38. The molecule has 0 spiro atoms. The Morgan fingerprint density at radius 1 is 1.38 bits per heavy atom. The first-order valence-corrected chi connectivity index (χ1v) is 7.22. The van der Waals surface area contributed by atoms with Crippen molar-refractivity contribution in [2.45, 2.75) is 32.4 Å². The van der Waals surface area contributed by atoms with Crippen LogP contribution in [0.5, 0.6) is 0 Å². The van der Waals surface area contributed by atoms with Crippen molar-refractivity contribution in [3.63, 3.8) is 0 Å². The summed E-state index contributed by atoms with van der Waals surface area (Å²) in [7, 11) is 0. The van der Waals surface area contributed by atoms with E-state index in [-0.39, 0.29) is 6.10 Å². The summed E-state index contributed by atoms with van der Waals surface area (Å²) < 4.78 is 7.53. The first-order chi connectivity index (χ1) is 10.2. The molecule has 1 aromatic heterocycles. The molecule has 2 atom stereocenters. The third-order valence-corrected chi connectivity index (χ3v) is 4.00. The molecule has 2 heterocycles. The van der Waals surface area contributed by atoms with Gasteiger partial charge in [0.05, 0.1) is 12.6 Å². The van der Waals surface area contributed by atoms with Gasteiger partial charge in [0, 0.05) is 29.5 Å². The molecule has 3 rings (SSSR count). The van der Waals surface area contributed by atoms with Gasteiger partial charge in [-0.1, -0.05) is 6.92 Å². The Bertz CT molecular complexity index is 626. The molecule has 7 nitrogen and oxygen atoms in total. The van der Waals surface area contributed by atoms with E-state index in [4.69, 9.17) is 16.2 Å². The van der Waals surface area contributed by atoms with Gasteiger partial charge in [-0.15, -0.1) is 5.10 Å². The molecule has 1 aromatic carbocycles. The van der Waals surface area contributed by atoms with Gasteiger partial charge >= 0.3 is 0 Å². The largest absolute Gasteiger partial charge is 0.399 e. The number of benzene rings is 1. The highest BCUT2D eigenvalue weighted by molar-refractivity contribution is 5.74. The molecule has 0 bridgehead atoms. The average molecular weight is 288 g/mol. The van der Waals surface area contributed by atoms with Gasteiger partial charge in [0.1, 0.15) is 0 Å². The molecule has 0 aliphatic carbocycles. The lowest BCUT2D eigenvalue weighted by Crippen LogP contribution is -2.21. The van der Waals surface area contributed by atoms with E-state index in [0.29, 0.717) is 23.1 Å². The number of nitrogen functional groups attached to an aromatic ring is 2. The molecule has 7 heteroatoms.